The predicted molar refractivity (Wildman–Crippen MR) is 90.9 cm³/mol. The van der Waals surface area contributed by atoms with Gasteiger partial charge in [-0.05, 0) is 30.2 Å². The van der Waals surface area contributed by atoms with Crippen LogP contribution in [0.4, 0.5) is 16.3 Å². The second-order valence-corrected chi connectivity index (χ2v) is 5.97. The van der Waals surface area contributed by atoms with Crippen LogP contribution < -0.4 is 9.80 Å². The van der Waals surface area contributed by atoms with Gasteiger partial charge in [-0.2, -0.15) is 0 Å². The molecule has 5 heteroatoms. The molecule has 0 radical (unpaired) electrons. The van der Waals surface area contributed by atoms with Gasteiger partial charge in [0, 0.05) is 44.6 Å². The van der Waals surface area contributed by atoms with Crippen LogP contribution in [0.3, 0.4) is 0 Å². The summed E-state index contributed by atoms with van der Waals surface area (Å²) in [6.07, 6.45) is 2.77. The van der Waals surface area contributed by atoms with Crippen molar-refractivity contribution in [2.75, 3.05) is 42.5 Å². The van der Waals surface area contributed by atoms with Gasteiger partial charge >= 0.3 is 6.03 Å². The van der Waals surface area contributed by atoms with Gasteiger partial charge < -0.3 is 9.80 Å². The van der Waals surface area contributed by atoms with E-state index in [1.165, 1.54) is 5.56 Å². The van der Waals surface area contributed by atoms with E-state index in [4.69, 9.17) is 0 Å². The zero-order valence-corrected chi connectivity index (χ0v) is 13.1. The van der Waals surface area contributed by atoms with Gasteiger partial charge in [-0.3, -0.25) is 4.90 Å². The molecule has 1 saturated heterocycles. The number of carbonyl (C=O) groups excluding carboxylic acids is 1. The Morgan fingerprint density at radius 2 is 1.70 bits per heavy atom. The van der Waals surface area contributed by atoms with Crippen LogP contribution in [-0.4, -0.2) is 48.6 Å². The second kappa shape index (κ2) is 5.91. The van der Waals surface area contributed by atoms with Gasteiger partial charge in [-0.1, -0.05) is 24.3 Å². The lowest BCUT2D eigenvalue weighted by Gasteiger charge is -2.37. The van der Waals surface area contributed by atoms with Gasteiger partial charge in [0.05, 0.1) is 0 Å². The van der Waals surface area contributed by atoms with E-state index in [0.29, 0.717) is 0 Å². The molecule has 0 bridgehead atoms. The fourth-order valence-corrected chi connectivity index (χ4v) is 3.38. The topological polar surface area (TPSA) is 39.7 Å². The minimum Gasteiger partial charge on any atom is -0.353 e. The molecule has 0 aliphatic carbocycles. The third kappa shape index (κ3) is 2.63. The first-order chi connectivity index (χ1) is 11.3. The van der Waals surface area contributed by atoms with Crippen LogP contribution in [0.1, 0.15) is 5.56 Å². The number of carbonyl (C=O) groups is 1. The van der Waals surface area contributed by atoms with Crippen molar-refractivity contribution < 1.29 is 4.79 Å². The first kappa shape index (κ1) is 14.1. The van der Waals surface area contributed by atoms with E-state index in [-0.39, 0.29) is 6.03 Å². The average Bonchev–Trinajstić information content (AvgIpc) is 3.06. The van der Waals surface area contributed by atoms with Crippen LogP contribution in [0.15, 0.2) is 48.7 Å². The number of fused-ring (bicyclic) bond motifs is 1. The molecule has 1 aromatic carbocycles. The van der Waals surface area contributed by atoms with E-state index in [0.717, 1.165) is 50.6 Å². The number of nitrogens with zero attached hydrogens (tertiary/aromatic N) is 4. The fraction of sp³-hybridized carbons (Fsp3) is 0.333. The largest absolute Gasteiger partial charge is 0.353 e. The van der Waals surface area contributed by atoms with Gasteiger partial charge in [0.2, 0.25) is 0 Å². The van der Waals surface area contributed by atoms with E-state index in [1.807, 2.05) is 52.4 Å². The number of urea groups is 1. The molecule has 2 aliphatic rings. The Morgan fingerprint density at radius 1 is 0.913 bits per heavy atom. The van der Waals surface area contributed by atoms with E-state index in [9.17, 15) is 4.79 Å². The van der Waals surface area contributed by atoms with Crippen LogP contribution >= 0.6 is 0 Å². The molecule has 0 unspecified atom stereocenters. The number of amides is 2. The summed E-state index contributed by atoms with van der Waals surface area (Å²) in [5, 5.41) is 0. The number of hydrogen-bond acceptors (Lipinski definition) is 3. The lowest BCUT2D eigenvalue weighted by atomic mass is 10.2. The maximum absolute atomic E-state index is 12.8. The quantitative estimate of drug-likeness (QED) is 0.812. The number of anilines is 2. The standard InChI is InChI=1S/C18H20N4O/c23-18(22-10-8-15-5-1-2-6-16(15)22)21-13-11-20(12-14-21)17-7-3-4-9-19-17/h1-7,9H,8,10-14H2. The lowest BCUT2D eigenvalue weighted by molar-refractivity contribution is 0.201. The molecule has 2 aliphatic heterocycles. The first-order valence-electron chi connectivity index (χ1n) is 8.13. The van der Waals surface area contributed by atoms with E-state index in [2.05, 4.69) is 16.0 Å². The molecule has 0 spiro atoms. The molecule has 3 heterocycles. The van der Waals surface area contributed by atoms with E-state index in [1.54, 1.807) is 0 Å². The predicted octanol–water partition coefficient (Wildman–Crippen LogP) is 2.39. The molecule has 4 rings (SSSR count). The highest BCUT2D eigenvalue weighted by molar-refractivity contribution is 5.94. The van der Waals surface area contributed by atoms with Crippen molar-refractivity contribution in [2.45, 2.75) is 6.42 Å². The number of hydrogen-bond donors (Lipinski definition) is 0. The molecule has 23 heavy (non-hydrogen) atoms. The number of rotatable bonds is 1. The normalized spacial score (nSPS) is 17.3. The van der Waals surface area contributed by atoms with Crippen LogP contribution in [0.5, 0.6) is 0 Å². The van der Waals surface area contributed by atoms with Gasteiger partial charge in [0.1, 0.15) is 5.82 Å². The Hall–Kier alpha value is -2.56. The van der Waals surface area contributed by atoms with Gasteiger partial charge in [0.15, 0.2) is 0 Å². The SMILES string of the molecule is O=C(N1CCN(c2ccccn2)CC1)N1CCc2ccccc21. The molecule has 0 atom stereocenters. The average molecular weight is 308 g/mol. The molecule has 0 saturated carbocycles. The Labute approximate surface area is 136 Å². The maximum atomic E-state index is 12.8. The highest BCUT2D eigenvalue weighted by Crippen LogP contribution is 2.28. The molecule has 1 aromatic heterocycles. The summed E-state index contributed by atoms with van der Waals surface area (Å²) in [4.78, 5) is 23.3. The molecule has 5 nitrogen and oxygen atoms in total. The summed E-state index contributed by atoms with van der Waals surface area (Å²) < 4.78 is 0. The Morgan fingerprint density at radius 3 is 2.48 bits per heavy atom. The molecule has 2 amide bonds. The van der Waals surface area contributed by atoms with Crippen molar-refractivity contribution in [3.8, 4) is 0 Å². The number of para-hydroxylation sites is 1. The van der Waals surface area contributed by atoms with E-state index < -0.39 is 0 Å². The van der Waals surface area contributed by atoms with Gasteiger partial charge in [0.25, 0.3) is 0 Å². The summed E-state index contributed by atoms with van der Waals surface area (Å²) in [5.41, 5.74) is 2.35. The summed E-state index contributed by atoms with van der Waals surface area (Å²) in [6, 6.07) is 14.3. The van der Waals surface area contributed by atoms with Crippen LogP contribution in [-0.2, 0) is 6.42 Å². The van der Waals surface area contributed by atoms with Crippen molar-refractivity contribution in [1.82, 2.24) is 9.88 Å². The molecule has 2 aromatic rings. The Bertz CT molecular complexity index is 695. The minimum absolute atomic E-state index is 0.135. The Balaban J connectivity index is 1.42. The van der Waals surface area contributed by atoms with Crippen molar-refractivity contribution in [1.29, 1.82) is 0 Å². The summed E-state index contributed by atoms with van der Waals surface area (Å²) in [6.45, 7) is 3.94. The van der Waals surface area contributed by atoms with Crippen molar-refractivity contribution in [2.24, 2.45) is 0 Å². The molecular weight excluding hydrogens is 288 g/mol. The number of aromatic nitrogens is 1. The van der Waals surface area contributed by atoms with E-state index >= 15 is 0 Å². The fourth-order valence-electron chi connectivity index (χ4n) is 3.38. The number of benzene rings is 1. The molecule has 118 valence electrons. The number of pyridine rings is 1. The smallest absolute Gasteiger partial charge is 0.324 e. The highest BCUT2D eigenvalue weighted by Gasteiger charge is 2.30. The van der Waals surface area contributed by atoms with Crippen LogP contribution in [0, 0.1) is 0 Å². The second-order valence-electron chi connectivity index (χ2n) is 5.97. The van der Waals surface area contributed by atoms with Crippen LogP contribution in [0.25, 0.3) is 0 Å². The maximum Gasteiger partial charge on any atom is 0.324 e. The van der Waals surface area contributed by atoms with Crippen molar-refractivity contribution >= 4 is 17.5 Å². The first-order valence-corrected chi connectivity index (χ1v) is 8.13. The molecule has 1 fully saturated rings. The molecular formula is C18H20N4O. The summed E-state index contributed by atoms with van der Waals surface area (Å²) in [7, 11) is 0. The monoisotopic (exact) mass is 308 g/mol. The minimum atomic E-state index is 0.135. The van der Waals surface area contributed by atoms with Crippen molar-refractivity contribution in [3.63, 3.8) is 0 Å². The van der Waals surface area contributed by atoms with Gasteiger partial charge in [-0.25, -0.2) is 9.78 Å². The zero-order valence-electron chi connectivity index (χ0n) is 13.1. The van der Waals surface area contributed by atoms with Gasteiger partial charge in [-0.15, -0.1) is 0 Å². The highest BCUT2D eigenvalue weighted by atomic mass is 16.2. The zero-order chi connectivity index (χ0) is 15.6. The lowest BCUT2D eigenvalue weighted by Crippen LogP contribution is -2.53. The third-order valence-corrected chi connectivity index (χ3v) is 4.64. The summed E-state index contributed by atoms with van der Waals surface area (Å²) >= 11 is 0. The third-order valence-electron chi connectivity index (χ3n) is 4.64. The van der Waals surface area contributed by atoms with Crippen LogP contribution in [0.2, 0.25) is 0 Å². The number of piperazine rings is 1. The molecule has 0 N–H and O–H groups in total. The summed E-state index contributed by atoms with van der Waals surface area (Å²) in [5.74, 6) is 0.992. The van der Waals surface area contributed by atoms with Crippen molar-refractivity contribution in [3.05, 3.63) is 54.2 Å². The Kier molecular flexibility index (Phi) is 3.61.